The highest BCUT2D eigenvalue weighted by Gasteiger charge is 2.33. The molecule has 2 atom stereocenters. The van der Waals surface area contributed by atoms with Crippen LogP contribution in [-0.2, 0) is 16.3 Å². The second-order valence-corrected chi connectivity index (χ2v) is 8.29. The molecule has 0 aliphatic carbocycles. The average Bonchev–Trinajstić information content (AvgIpc) is 2.65. The first-order valence-corrected chi connectivity index (χ1v) is 8.86. The fourth-order valence-corrected chi connectivity index (χ4v) is 5.10. The van der Waals surface area contributed by atoms with Crippen LogP contribution < -0.4 is 5.73 Å². The van der Waals surface area contributed by atoms with Crippen LogP contribution in [0.25, 0.3) is 0 Å². The molecule has 1 aromatic rings. The third-order valence-corrected chi connectivity index (χ3v) is 5.91. The number of halogens is 2. The summed E-state index contributed by atoms with van der Waals surface area (Å²) in [5, 5.41) is 0. The van der Waals surface area contributed by atoms with Gasteiger partial charge in [0.25, 0.3) is 0 Å². The molecule has 3 nitrogen and oxygen atoms in total. The molecule has 106 valence electrons. The Bertz CT molecular complexity index is 542. The van der Waals surface area contributed by atoms with E-state index >= 15 is 0 Å². The van der Waals surface area contributed by atoms with Crippen molar-refractivity contribution in [2.24, 2.45) is 17.6 Å². The number of sulfone groups is 1. The van der Waals surface area contributed by atoms with E-state index in [1.54, 1.807) is 0 Å². The molecule has 19 heavy (non-hydrogen) atoms. The summed E-state index contributed by atoms with van der Waals surface area (Å²) >= 11 is 3.26. The normalized spacial score (nSPS) is 23.4. The molecule has 2 rings (SSSR count). The van der Waals surface area contributed by atoms with Crippen molar-refractivity contribution in [3.63, 3.8) is 0 Å². The molecule has 0 aromatic heterocycles. The molecule has 0 radical (unpaired) electrons. The van der Waals surface area contributed by atoms with Crippen LogP contribution in [0.3, 0.4) is 0 Å². The van der Waals surface area contributed by atoms with Crippen molar-refractivity contribution in [1.29, 1.82) is 0 Å². The van der Waals surface area contributed by atoms with Crippen LogP contribution in [0, 0.1) is 17.7 Å². The zero-order valence-electron chi connectivity index (χ0n) is 10.5. The van der Waals surface area contributed by atoms with Gasteiger partial charge < -0.3 is 5.73 Å². The lowest BCUT2D eigenvalue weighted by Gasteiger charge is -2.21. The second-order valence-electron chi connectivity index (χ2n) is 5.14. The summed E-state index contributed by atoms with van der Waals surface area (Å²) in [7, 11) is -2.90. The molecule has 0 bridgehead atoms. The Labute approximate surface area is 121 Å². The molecule has 1 aliphatic heterocycles. The van der Waals surface area contributed by atoms with Crippen LogP contribution in [0.5, 0.6) is 0 Å². The van der Waals surface area contributed by atoms with Gasteiger partial charge in [-0.05, 0) is 55.0 Å². The van der Waals surface area contributed by atoms with Crippen LogP contribution in [-0.4, -0.2) is 26.5 Å². The summed E-state index contributed by atoms with van der Waals surface area (Å²) in [6, 6.07) is 4.74. The minimum absolute atomic E-state index is 0.0889. The summed E-state index contributed by atoms with van der Waals surface area (Å²) < 4.78 is 37.0. The van der Waals surface area contributed by atoms with Crippen LogP contribution in [0.15, 0.2) is 22.7 Å². The first kappa shape index (κ1) is 14.9. The van der Waals surface area contributed by atoms with Gasteiger partial charge in [-0.3, -0.25) is 0 Å². The molecule has 1 aromatic carbocycles. The first-order valence-electron chi connectivity index (χ1n) is 6.25. The zero-order valence-corrected chi connectivity index (χ0v) is 12.9. The van der Waals surface area contributed by atoms with Gasteiger partial charge in [-0.2, -0.15) is 0 Å². The molecule has 1 aliphatic rings. The van der Waals surface area contributed by atoms with E-state index in [9.17, 15) is 12.8 Å². The maximum Gasteiger partial charge on any atom is 0.150 e. The van der Waals surface area contributed by atoms with Gasteiger partial charge in [0.2, 0.25) is 0 Å². The van der Waals surface area contributed by atoms with E-state index in [2.05, 4.69) is 15.9 Å². The monoisotopic (exact) mass is 349 g/mol. The Morgan fingerprint density at radius 1 is 1.42 bits per heavy atom. The Morgan fingerprint density at radius 2 is 2.16 bits per heavy atom. The second kappa shape index (κ2) is 5.89. The van der Waals surface area contributed by atoms with Gasteiger partial charge >= 0.3 is 0 Å². The van der Waals surface area contributed by atoms with Gasteiger partial charge in [0, 0.05) is 4.47 Å². The number of hydrogen-bond donors (Lipinski definition) is 1. The number of benzene rings is 1. The van der Waals surface area contributed by atoms with Crippen molar-refractivity contribution >= 4 is 25.8 Å². The molecular formula is C13H17BrFNO2S. The number of hydrogen-bond acceptors (Lipinski definition) is 3. The molecule has 1 heterocycles. The first-order chi connectivity index (χ1) is 8.89. The van der Waals surface area contributed by atoms with E-state index in [0.717, 1.165) is 5.56 Å². The quantitative estimate of drug-likeness (QED) is 0.905. The molecule has 0 saturated carbocycles. The molecule has 1 saturated heterocycles. The lowest BCUT2D eigenvalue weighted by atomic mass is 9.86. The fraction of sp³-hybridized carbons (Fsp3) is 0.538. The maximum atomic E-state index is 13.3. The van der Waals surface area contributed by atoms with E-state index in [1.807, 2.05) is 6.07 Å². The summed E-state index contributed by atoms with van der Waals surface area (Å²) in [6.45, 7) is 0.425. The average molecular weight is 350 g/mol. The van der Waals surface area contributed by atoms with Crippen LogP contribution in [0.1, 0.15) is 12.0 Å². The van der Waals surface area contributed by atoms with Gasteiger partial charge in [-0.1, -0.05) is 15.9 Å². The fourth-order valence-electron chi connectivity index (χ4n) is 2.67. The summed E-state index contributed by atoms with van der Waals surface area (Å²) in [5.74, 6) is 0.356. The number of rotatable bonds is 4. The standard InChI is InChI=1S/C13H17BrFNO2S/c14-12-4-9(5-13(15)6-12)3-11(7-16)10-1-2-19(17,18)8-10/h4-6,10-11H,1-3,7-8,16H2. The van der Waals surface area contributed by atoms with E-state index in [4.69, 9.17) is 5.73 Å². The summed E-state index contributed by atoms with van der Waals surface area (Å²) in [4.78, 5) is 0. The van der Waals surface area contributed by atoms with E-state index in [1.165, 1.54) is 12.1 Å². The Balaban J connectivity index is 2.11. The van der Waals surface area contributed by atoms with Crippen molar-refractivity contribution < 1.29 is 12.8 Å². The van der Waals surface area contributed by atoms with Gasteiger partial charge in [0.15, 0.2) is 9.84 Å². The Kier molecular flexibility index (Phi) is 4.63. The molecule has 0 spiro atoms. The summed E-state index contributed by atoms with van der Waals surface area (Å²) in [6.07, 6.45) is 1.29. The van der Waals surface area contributed by atoms with Gasteiger partial charge in [-0.15, -0.1) is 0 Å². The molecule has 1 fully saturated rings. The topological polar surface area (TPSA) is 60.2 Å². The summed E-state index contributed by atoms with van der Waals surface area (Å²) in [5.41, 5.74) is 6.62. The van der Waals surface area contributed by atoms with E-state index in [-0.39, 0.29) is 29.2 Å². The van der Waals surface area contributed by atoms with Crippen LogP contribution in [0.2, 0.25) is 0 Å². The SMILES string of the molecule is NCC(Cc1cc(F)cc(Br)c1)C1CCS(=O)(=O)C1. The van der Waals surface area contributed by atoms with Gasteiger partial charge in [0.05, 0.1) is 11.5 Å². The predicted molar refractivity (Wildman–Crippen MR) is 77.1 cm³/mol. The van der Waals surface area contributed by atoms with Crippen LogP contribution in [0.4, 0.5) is 4.39 Å². The van der Waals surface area contributed by atoms with Crippen molar-refractivity contribution in [3.8, 4) is 0 Å². The maximum absolute atomic E-state index is 13.3. The van der Waals surface area contributed by atoms with E-state index < -0.39 is 9.84 Å². The van der Waals surface area contributed by atoms with Crippen molar-refractivity contribution in [2.75, 3.05) is 18.1 Å². The number of nitrogens with two attached hydrogens (primary N) is 1. The molecule has 0 amide bonds. The highest BCUT2D eigenvalue weighted by molar-refractivity contribution is 9.10. The van der Waals surface area contributed by atoms with Gasteiger partial charge in [0.1, 0.15) is 5.82 Å². The zero-order chi connectivity index (χ0) is 14.0. The Hall–Kier alpha value is -0.460. The highest BCUT2D eigenvalue weighted by atomic mass is 79.9. The van der Waals surface area contributed by atoms with Crippen molar-refractivity contribution in [1.82, 2.24) is 0 Å². The minimum atomic E-state index is -2.90. The smallest absolute Gasteiger partial charge is 0.150 e. The van der Waals surface area contributed by atoms with Gasteiger partial charge in [-0.25, -0.2) is 12.8 Å². The van der Waals surface area contributed by atoms with Crippen LogP contribution >= 0.6 is 15.9 Å². The lowest BCUT2D eigenvalue weighted by Crippen LogP contribution is -2.26. The Morgan fingerprint density at radius 3 is 2.68 bits per heavy atom. The minimum Gasteiger partial charge on any atom is -0.330 e. The highest BCUT2D eigenvalue weighted by Crippen LogP contribution is 2.29. The molecular weight excluding hydrogens is 333 g/mol. The third kappa shape index (κ3) is 4.00. The molecule has 6 heteroatoms. The lowest BCUT2D eigenvalue weighted by molar-refractivity contribution is 0.370. The predicted octanol–water partition coefficient (Wildman–Crippen LogP) is 2.14. The molecule has 2 N–H and O–H groups in total. The van der Waals surface area contributed by atoms with E-state index in [0.29, 0.717) is 23.9 Å². The third-order valence-electron chi connectivity index (χ3n) is 3.66. The largest absolute Gasteiger partial charge is 0.330 e. The molecule has 2 unspecified atom stereocenters. The van der Waals surface area contributed by atoms with Crippen molar-refractivity contribution in [3.05, 3.63) is 34.1 Å². The van der Waals surface area contributed by atoms with Crippen molar-refractivity contribution in [2.45, 2.75) is 12.8 Å².